The first-order chi connectivity index (χ1) is 19.2. The number of rotatable bonds is 8. The smallest absolute Gasteiger partial charge is 0.359 e. The van der Waals surface area contributed by atoms with Gasteiger partial charge in [-0.1, -0.05) is 6.07 Å². The Morgan fingerprint density at radius 1 is 1.10 bits per heavy atom. The lowest BCUT2D eigenvalue weighted by molar-refractivity contribution is 0.0519. The molecule has 208 valence electrons. The van der Waals surface area contributed by atoms with E-state index in [1.807, 2.05) is 0 Å². The molecule has 0 spiro atoms. The summed E-state index contributed by atoms with van der Waals surface area (Å²) in [6.07, 6.45) is 1.64. The molecule has 1 aliphatic rings. The van der Waals surface area contributed by atoms with E-state index in [1.165, 1.54) is 35.7 Å². The van der Waals surface area contributed by atoms with E-state index in [2.05, 4.69) is 10.4 Å². The standard InChI is InChI=1S/C27H26N4O7S2/c1-3-38-27(34)23-21-16-39-25(22(21)26(33)31(29-23)18-7-6-8-19(15-18)37-2)28-24(32)17-9-11-20(12-10-17)40(35,36)30-13-4-5-14-30/h6-12,15-16H,3-5,13-14H2,1-2H3,(H,28,32). The van der Waals surface area contributed by atoms with Crippen LogP contribution in [-0.2, 0) is 14.8 Å². The minimum absolute atomic E-state index is 0.0764. The number of anilines is 1. The maximum atomic E-state index is 13.6. The Bertz CT molecular complexity index is 1760. The van der Waals surface area contributed by atoms with Crippen LogP contribution in [0.5, 0.6) is 5.75 Å². The number of esters is 1. The topological polar surface area (TPSA) is 137 Å². The van der Waals surface area contributed by atoms with Crippen molar-refractivity contribution in [1.82, 2.24) is 14.1 Å². The van der Waals surface area contributed by atoms with Gasteiger partial charge in [0.05, 0.1) is 29.7 Å². The zero-order valence-corrected chi connectivity index (χ0v) is 23.4. The third kappa shape index (κ3) is 5.10. The van der Waals surface area contributed by atoms with Crippen molar-refractivity contribution in [2.45, 2.75) is 24.7 Å². The zero-order chi connectivity index (χ0) is 28.4. The summed E-state index contributed by atoms with van der Waals surface area (Å²) in [6, 6.07) is 12.3. The number of amides is 1. The number of aromatic nitrogens is 2. The molecule has 0 atom stereocenters. The van der Waals surface area contributed by atoms with Crippen LogP contribution in [0.15, 0.2) is 63.6 Å². The van der Waals surface area contributed by atoms with E-state index in [0.717, 1.165) is 28.9 Å². The number of sulfonamides is 1. The van der Waals surface area contributed by atoms with E-state index in [9.17, 15) is 22.8 Å². The van der Waals surface area contributed by atoms with Crippen molar-refractivity contribution in [2.75, 3.05) is 32.1 Å². The lowest BCUT2D eigenvalue weighted by atomic mass is 10.2. The summed E-state index contributed by atoms with van der Waals surface area (Å²) >= 11 is 1.07. The van der Waals surface area contributed by atoms with Crippen LogP contribution in [0.1, 0.15) is 40.6 Å². The van der Waals surface area contributed by atoms with Crippen molar-refractivity contribution in [2.24, 2.45) is 0 Å². The summed E-state index contributed by atoms with van der Waals surface area (Å²) in [4.78, 5) is 39.7. The van der Waals surface area contributed by atoms with Gasteiger partial charge in [-0.15, -0.1) is 11.3 Å². The first-order valence-corrected chi connectivity index (χ1v) is 14.8. The number of ether oxygens (including phenoxy) is 2. The second-order valence-corrected chi connectivity index (χ2v) is 11.7. The van der Waals surface area contributed by atoms with Gasteiger partial charge in [-0.3, -0.25) is 9.59 Å². The number of carbonyl (C=O) groups excluding carboxylic acids is 2. The summed E-state index contributed by atoms with van der Waals surface area (Å²) in [5.41, 5.74) is -0.0720. The summed E-state index contributed by atoms with van der Waals surface area (Å²) < 4.78 is 38.6. The van der Waals surface area contributed by atoms with Gasteiger partial charge in [0.1, 0.15) is 10.8 Å². The Balaban J connectivity index is 1.52. The van der Waals surface area contributed by atoms with Gasteiger partial charge < -0.3 is 14.8 Å². The molecule has 0 aliphatic carbocycles. The maximum Gasteiger partial charge on any atom is 0.359 e. The fraction of sp³-hybridized carbons (Fsp3) is 0.259. The lowest BCUT2D eigenvalue weighted by Crippen LogP contribution is -2.27. The maximum absolute atomic E-state index is 13.6. The Morgan fingerprint density at radius 3 is 2.50 bits per heavy atom. The van der Waals surface area contributed by atoms with Gasteiger partial charge in [0.25, 0.3) is 11.5 Å². The average molecular weight is 583 g/mol. The molecule has 1 amide bonds. The van der Waals surface area contributed by atoms with Gasteiger partial charge in [-0.05, 0) is 56.2 Å². The minimum Gasteiger partial charge on any atom is -0.497 e. The molecule has 13 heteroatoms. The van der Waals surface area contributed by atoms with Crippen LogP contribution >= 0.6 is 11.3 Å². The summed E-state index contributed by atoms with van der Waals surface area (Å²) in [6.45, 7) is 2.73. The van der Waals surface area contributed by atoms with Gasteiger partial charge in [0.15, 0.2) is 5.69 Å². The Labute approximate surface area is 234 Å². The van der Waals surface area contributed by atoms with Crippen molar-refractivity contribution in [3.63, 3.8) is 0 Å². The average Bonchev–Trinajstić information content (AvgIpc) is 3.65. The highest BCUT2D eigenvalue weighted by Gasteiger charge is 2.28. The van der Waals surface area contributed by atoms with Crippen molar-refractivity contribution >= 4 is 49.0 Å². The highest BCUT2D eigenvalue weighted by Crippen LogP contribution is 2.31. The zero-order valence-electron chi connectivity index (χ0n) is 21.7. The molecule has 5 rings (SSSR count). The molecule has 11 nitrogen and oxygen atoms in total. The van der Waals surface area contributed by atoms with E-state index >= 15 is 0 Å². The van der Waals surface area contributed by atoms with Crippen LogP contribution in [0, 0.1) is 0 Å². The molecule has 40 heavy (non-hydrogen) atoms. The van der Waals surface area contributed by atoms with E-state index in [4.69, 9.17) is 9.47 Å². The monoisotopic (exact) mass is 582 g/mol. The van der Waals surface area contributed by atoms with Crippen LogP contribution in [-0.4, -0.2) is 61.2 Å². The number of carbonyl (C=O) groups is 2. The molecule has 0 bridgehead atoms. The van der Waals surface area contributed by atoms with Crippen molar-refractivity contribution in [1.29, 1.82) is 0 Å². The summed E-state index contributed by atoms with van der Waals surface area (Å²) in [5.74, 6) is -0.775. The van der Waals surface area contributed by atoms with Crippen LogP contribution in [0.4, 0.5) is 5.00 Å². The molecule has 3 heterocycles. The van der Waals surface area contributed by atoms with E-state index in [1.54, 1.807) is 36.6 Å². The molecule has 0 unspecified atom stereocenters. The van der Waals surface area contributed by atoms with E-state index in [0.29, 0.717) is 24.5 Å². The number of benzene rings is 2. The molecule has 1 saturated heterocycles. The molecule has 1 fully saturated rings. The van der Waals surface area contributed by atoms with E-state index < -0.39 is 27.5 Å². The number of methoxy groups -OCH3 is 1. The van der Waals surface area contributed by atoms with Gasteiger partial charge in [-0.2, -0.15) is 14.1 Å². The highest BCUT2D eigenvalue weighted by atomic mass is 32.2. The molecule has 0 radical (unpaired) electrons. The molecular formula is C27H26N4O7S2. The van der Waals surface area contributed by atoms with Crippen LogP contribution in [0.2, 0.25) is 0 Å². The largest absolute Gasteiger partial charge is 0.497 e. The van der Waals surface area contributed by atoms with Gasteiger partial charge >= 0.3 is 5.97 Å². The Kier molecular flexibility index (Phi) is 7.70. The Morgan fingerprint density at radius 2 is 1.82 bits per heavy atom. The first kappa shape index (κ1) is 27.5. The van der Waals surface area contributed by atoms with Crippen LogP contribution in [0.25, 0.3) is 16.5 Å². The number of nitrogens with one attached hydrogen (secondary N) is 1. The highest BCUT2D eigenvalue weighted by molar-refractivity contribution is 7.89. The second kappa shape index (κ2) is 11.2. The second-order valence-electron chi connectivity index (χ2n) is 8.93. The third-order valence-corrected chi connectivity index (χ3v) is 9.27. The fourth-order valence-electron chi connectivity index (χ4n) is 4.44. The molecule has 4 aromatic rings. The number of hydrogen-bond donors (Lipinski definition) is 1. The quantitative estimate of drug-likeness (QED) is 0.311. The van der Waals surface area contributed by atoms with Crippen molar-refractivity contribution in [3.05, 3.63) is 75.5 Å². The van der Waals surface area contributed by atoms with Crippen molar-refractivity contribution < 1.29 is 27.5 Å². The minimum atomic E-state index is -3.62. The predicted octanol–water partition coefficient (Wildman–Crippen LogP) is 3.67. The van der Waals surface area contributed by atoms with Crippen molar-refractivity contribution in [3.8, 4) is 11.4 Å². The number of fused-ring (bicyclic) bond motifs is 1. The molecule has 2 aromatic carbocycles. The molecular weight excluding hydrogens is 556 g/mol. The molecule has 1 N–H and O–H groups in total. The lowest BCUT2D eigenvalue weighted by Gasteiger charge is -2.15. The summed E-state index contributed by atoms with van der Waals surface area (Å²) in [5, 5.41) is 9.13. The predicted molar refractivity (Wildman–Crippen MR) is 150 cm³/mol. The fourth-order valence-corrected chi connectivity index (χ4v) is 6.89. The molecule has 1 aliphatic heterocycles. The Hall–Kier alpha value is -4.07. The summed E-state index contributed by atoms with van der Waals surface area (Å²) in [7, 11) is -2.13. The van der Waals surface area contributed by atoms with Crippen LogP contribution in [0.3, 0.4) is 0 Å². The first-order valence-electron chi connectivity index (χ1n) is 12.5. The number of hydrogen-bond acceptors (Lipinski definition) is 9. The third-order valence-electron chi connectivity index (χ3n) is 6.47. The van der Waals surface area contributed by atoms with Gasteiger partial charge in [0, 0.05) is 35.5 Å². The van der Waals surface area contributed by atoms with Gasteiger partial charge in [-0.25, -0.2) is 13.2 Å². The number of nitrogens with zero attached hydrogens (tertiary/aromatic N) is 3. The normalized spacial score (nSPS) is 13.8. The molecule has 2 aromatic heterocycles. The number of thiophene rings is 1. The van der Waals surface area contributed by atoms with Gasteiger partial charge in [0.2, 0.25) is 10.0 Å². The molecule has 0 saturated carbocycles. The van der Waals surface area contributed by atoms with E-state index in [-0.39, 0.29) is 38.5 Å². The SMILES string of the molecule is CCOC(=O)c1nn(-c2cccc(OC)c2)c(=O)c2c(NC(=O)c3ccc(S(=O)(=O)N4CCCC4)cc3)scc12. The van der Waals surface area contributed by atoms with Crippen LogP contribution < -0.4 is 15.6 Å².